The standard InChI is InChI=1S/C10H16ClN3S/c1-8-6-14(4-3-13(8)2)7-9-5-12-10(11)15-9/h5,8H,3-4,6-7H2,1-2H3. The van der Waals surface area contributed by atoms with Crippen molar-refractivity contribution in [3.63, 3.8) is 0 Å². The number of hydrogen-bond acceptors (Lipinski definition) is 4. The molecule has 0 aromatic carbocycles. The third kappa shape index (κ3) is 2.91. The summed E-state index contributed by atoms with van der Waals surface area (Å²) in [4.78, 5) is 10.2. The van der Waals surface area contributed by atoms with Crippen LogP contribution in [0, 0.1) is 0 Å². The fraction of sp³-hybridized carbons (Fsp3) is 0.700. The van der Waals surface area contributed by atoms with Gasteiger partial charge in [0.2, 0.25) is 0 Å². The molecule has 1 fully saturated rings. The van der Waals surface area contributed by atoms with Gasteiger partial charge in [-0.2, -0.15) is 0 Å². The van der Waals surface area contributed by atoms with E-state index in [0.29, 0.717) is 10.5 Å². The summed E-state index contributed by atoms with van der Waals surface area (Å²) in [5, 5.41) is 0. The first kappa shape index (κ1) is 11.3. The van der Waals surface area contributed by atoms with Crippen LogP contribution in [0.2, 0.25) is 4.47 Å². The molecule has 1 unspecified atom stereocenters. The van der Waals surface area contributed by atoms with E-state index in [1.165, 1.54) is 4.88 Å². The average Bonchev–Trinajstić information content (AvgIpc) is 2.58. The molecule has 1 aliphatic heterocycles. The van der Waals surface area contributed by atoms with Crippen LogP contribution in [0.5, 0.6) is 0 Å². The van der Waals surface area contributed by atoms with Gasteiger partial charge in [-0.25, -0.2) is 4.98 Å². The van der Waals surface area contributed by atoms with Crippen molar-refractivity contribution >= 4 is 22.9 Å². The number of halogens is 1. The number of aromatic nitrogens is 1. The molecule has 3 nitrogen and oxygen atoms in total. The van der Waals surface area contributed by atoms with E-state index in [1.54, 1.807) is 11.3 Å². The Morgan fingerprint density at radius 1 is 1.60 bits per heavy atom. The zero-order valence-electron chi connectivity index (χ0n) is 9.11. The fourth-order valence-corrected chi connectivity index (χ4v) is 2.86. The van der Waals surface area contributed by atoms with Crippen molar-refractivity contribution in [2.24, 2.45) is 0 Å². The minimum absolute atomic E-state index is 0.641. The van der Waals surface area contributed by atoms with Crippen LogP contribution >= 0.6 is 22.9 Å². The zero-order chi connectivity index (χ0) is 10.8. The van der Waals surface area contributed by atoms with Crippen molar-refractivity contribution in [3.8, 4) is 0 Å². The van der Waals surface area contributed by atoms with Gasteiger partial charge < -0.3 is 4.90 Å². The molecule has 2 rings (SSSR count). The average molecular weight is 246 g/mol. The predicted molar refractivity (Wildman–Crippen MR) is 64.5 cm³/mol. The Bertz CT molecular complexity index is 328. The van der Waals surface area contributed by atoms with E-state index >= 15 is 0 Å². The summed E-state index contributed by atoms with van der Waals surface area (Å²) in [5.41, 5.74) is 0. The van der Waals surface area contributed by atoms with Gasteiger partial charge in [-0.15, -0.1) is 11.3 Å². The van der Waals surface area contributed by atoms with Crippen molar-refractivity contribution < 1.29 is 0 Å². The lowest BCUT2D eigenvalue weighted by Crippen LogP contribution is -2.49. The second-order valence-corrected chi connectivity index (χ2v) is 5.84. The molecular weight excluding hydrogens is 230 g/mol. The number of nitrogens with zero attached hydrogens (tertiary/aromatic N) is 3. The molecule has 0 bridgehead atoms. The SMILES string of the molecule is CC1CN(Cc2cnc(Cl)s2)CCN1C. The molecule has 0 saturated carbocycles. The van der Waals surface area contributed by atoms with Crippen LogP contribution in [0.25, 0.3) is 0 Å². The first-order valence-corrected chi connectivity index (χ1v) is 6.37. The van der Waals surface area contributed by atoms with Gasteiger partial charge in [-0.1, -0.05) is 11.6 Å². The van der Waals surface area contributed by atoms with Gasteiger partial charge in [0, 0.05) is 43.3 Å². The molecule has 1 aromatic rings. The van der Waals surface area contributed by atoms with E-state index in [-0.39, 0.29) is 0 Å². The van der Waals surface area contributed by atoms with Crippen molar-refractivity contribution in [3.05, 3.63) is 15.5 Å². The lowest BCUT2D eigenvalue weighted by molar-refractivity contribution is 0.101. The summed E-state index contributed by atoms with van der Waals surface area (Å²) in [6.07, 6.45) is 1.88. The number of hydrogen-bond donors (Lipinski definition) is 0. The Morgan fingerprint density at radius 2 is 2.40 bits per heavy atom. The van der Waals surface area contributed by atoms with Crippen LogP contribution < -0.4 is 0 Å². The van der Waals surface area contributed by atoms with Crippen LogP contribution in [-0.4, -0.2) is 47.5 Å². The second-order valence-electron chi connectivity index (χ2n) is 4.14. The first-order chi connectivity index (χ1) is 7.15. The Kier molecular flexibility index (Phi) is 3.61. The molecule has 0 radical (unpaired) electrons. The van der Waals surface area contributed by atoms with Crippen molar-refractivity contribution in [2.75, 3.05) is 26.7 Å². The molecule has 0 N–H and O–H groups in total. The van der Waals surface area contributed by atoms with Gasteiger partial charge in [0.25, 0.3) is 0 Å². The minimum atomic E-state index is 0.641. The van der Waals surface area contributed by atoms with E-state index in [0.717, 1.165) is 26.2 Å². The van der Waals surface area contributed by atoms with Crippen LogP contribution in [0.3, 0.4) is 0 Å². The highest BCUT2D eigenvalue weighted by atomic mass is 35.5. The highest BCUT2D eigenvalue weighted by Crippen LogP contribution is 2.20. The van der Waals surface area contributed by atoms with E-state index in [2.05, 4.69) is 28.8 Å². The molecule has 0 aliphatic carbocycles. The smallest absolute Gasteiger partial charge is 0.183 e. The Labute approximate surface area is 99.7 Å². The Balaban J connectivity index is 1.90. The summed E-state index contributed by atoms with van der Waals surface area (Å²) in [5.74, 6) is 0. The molecule has 1 aliphatic rings. The fourth-order valence-electron chi connectivity index (χ4n) is 1.84. The van der Waals surface area contributed by atoms with Gasteiger partial charge in [0.15, 0.2) is 4.47 Å². The van der Waals surface area contributed by atoms with E-state index in [4.69, 9.17) is 11.6 Å². The maximum Gasteiger partial charge on any atom is 0.183 e. The molecule has 84 valence electrons. The summed E-state index contributed by atoms with van der Waals surface area (Å²) in [6.45, 7) is 6.67. The van der Waals surface area contributed by atoms with E-state index in [9.17, 15) is 0 Å². The summed E-state index contributed by atoms with van der Waals surface area (Å²) < 4.78 is 0.646. The number of thiazole rings is 1. The largest absolute Gasteiger partial charge is 0.301 e. The Morgan fingerprint density at radius 3 is 3.00 bits per heavy atom. The van der Waals surface area contributed by atoms with Crippen molar-refractivity contribution in [1.29, 1.82) is 0 Å². The third-order valence-electron chi connectivity index (χ3n) is 2.95. The molecule has 2 heterocycles. The van der Waals surface area contributed by atoms with Gasteiger partial charge in [-0.05, 0) is 14.0 Å². The molecule has 0 amide bonds. The number of likely N-dealkylation sites (N-methyl/N-ethyl adjacent to an activating group) is 1. The maximum absolute atomic E-state index is 5.81. The number of piperazine rings is 1. The molecule has 1 aromatic heterocycles. The molecular formula is C10H16ClN3S. The quantitative estimate of drug-likeness (QED) is 0.794. The lowest BCUT2D eigenvalue weighted by Gasteiger charge is -2.37. The topological polar surface area (TPSA) is 19.4 Å². The van der Waals surface area contributed by atoms with E-state index in [1.807, 2.05) is 6.20 Å². The normalized spacial score (nSPS) is 24.6. The third-order valence-corrected chi connectivity index (χ3v) is 4.05. The summed E-state index contributed by atoms with van der Waals surface area (Å²) in [7, 11) is 2.19. The van der Waals surface area contributed by atoms with Gasteiger partial charge in [0.1, 0.15) is 0 Å². The molecule has 15 heavy (non-hydrogen) atoms. The van der Waals surface area contributed by atoms with Gasteiger partial charge >= 0.3 is 0 Å². The maximum atomic E-state index is 5.81. The molecule has 0 spiro atoms. The lowest BCUT2D eigenvalue weighted by atomic mass is 10.2. The number of rotatable bonds is 2. The predicted octanol–water partition coefficient (Wildman–Crippen LogP) is 1.93. The van der Waals surface area contributed by atoms with Crippen LogP contribution in [0.15, 0.2) is 6.20 Å². The van der Waals surface area contributed by atoms with Crippen LogP contribution in [0.1, 0.15) is 11.8 Å². The van der Waals surface area contributed by atoms with Gasteiger partial charge in [-0.3, -0.25) is 4.90 Å². The second kappa shape index (κ2) is 4.78. The van der Waals surface area contributed by atoms with Crippen molar-refractivity contribution in [2.45, 2.75) is 19.5 Å². The minimum Gasteiger partial charge on any atom is -0.301 e. The summed E-state index contributed by atoms with van der Waals surface area (Å²) in [6, 6.07) is 0.641. The first-order valence-electron chi connectivity index (χ1n) is 5.18. The zero-order valence-corrected chi connectivity index (χ0v) is 10.7. The Hall–Kier alpha value is -0.160. The van der Waals surface area contributed by atoms with Crippen molar-refractivity contribution in [1.82, 2.24) is 14.8 Å². The van der Waals surface area contributed by atoms with Gasteiger partial charge in [0.05, 0.1) is 0 Å². The van der Waals surface area contributed by atoms with Crippen LogP contribution in [0.4, 0.5) is 0 Å². The highest BCUT2D eigenvalue weighted by Gasteiger charge is 2.20. The van der Waals surface area contributed by atoms with E-state index < -0.39 is 0 Å². The highest BCUT2D eigenvalue weighted by molar-refractivity contribution is 7.15. The molecule has 1 saturated heterocycles. The molecule has 1 atom stereocenters. The monoisotopic (exact) mass is 245 g/mol. The molecule has 5 heteroatoms. The summed E-state index contributed by atoms with van der Waals surface area (Å²) >= 11 is 7.39. The van der Waals surface area contributed by atoms with Crippen LogP contribution in [-0.2, 0) is 6.54 Å².